The first-order valence-corrected chi connectivity index (χ1v) is 12.1. The Labute approximate surface area is 207 Å². The number of aromatic amines is 1. The summed E-state index contributed by atoms with van der Waals surface area (Å²) >= 11 is 4.77. The normalized spacial score (nSPS) is 11.3. The van der Waals surface area contributed by atoms with Gasteiger partial charge in [-0.3, -0.25) is 14.3 Å². The molecule has 5 rings (SSSR count). The highest BCUT2D eigenvalue weighted by molar-refractivity contribution is 9.10. The van der Waals surface area contributed by atoms with Gasteiger partial charge in [0.2, 0.25) is 0 Å². The number of nitrogens with one attached hydrogen (secondary N) is 2. The summed E-state index contributed by atoms with van der Waals surface area (Å²) in [6, 6.07) is 19.5. The van der Waals surface area contributed by atoms with Crippen LogP contribution in [0.5, 0.6) is 0 Å². The van der Waals surface area contributed by atoms with Crippen molar-refractivity contribution in [2.24, 2.45) is 5.10 Å². The maximum absolute atomic E-state index is 12.5. The van der Waals surface area contributed by atoms with Gasteiger partial charge in [-0.2, -0.15) is 5.10 Å². The molecule has 0 atom stereocenters. The molecule has 0 aliphatic heterocycles. The van der Waals surface area contributed by atoms with E-state index in [1.54, 1.807) is 18.6 Å². The summed E-state index contributed by atoms with van der Waals surface area (Å²) in [6.45, 7) is 0. The predicted molar refractivity (Wildman–Crippen MR) is 137 cm³/mol. The number of fused-ring (bicyclic) bond motifs is 1. The highest BCUT2D eigenvalue weighted by atomic mass is 79.9. The molecule has 0 fully saturated rings. The minimum atomic E-state index is -0.240. The van der Waals surface area contributed by atoms with E-state index in [-0.39, 0.29) is 11.7 Å². The number of pyridine rings is 1. The van der Waals surface area contributed by atoms with Crippen LogP contribution in [0.15, 0.2) is 94.0 Å². The Bertz CT molecular complexity index is 1470. The van der Waals surface area contributed by atoms with E-state index in [9.17, 15) is 4.79 Å². The van der Waals surface area contributed by atoms with E-state index in [1.807, 2.05) is 71.4 Å². The van der Waals surface area contributed by atoms with Gasteiger partial charge in [0, 0.05) is 50.8 Å². The molecule has 1 amide bonds. The number of hydrogen-bond acceptors (Lipinski definition) is 6. The number of hydrazone groups is 1. The zero-order chi connectivity index (χ0) is 23.3. The number of halogens is 1. The Morgan fingerprint density at radius 1 is 1.12 bits per heavy atom. The van der Waals surface area contributed by atoms with Gasteiger partial charge in [0.15, 0.2) is 11.0 Å². The highest BCUT2D eigenvalue weighted by Gasteiger charge is 2.17. The predicted octanol–water partition coefficient (Wildman–Crippen LogP) is 4.82. The number of benzene rings is 2. The second-order valence-electron chi connectivity index (χ2n) is 7.23. The standard InChI is InChI=1S/C24H18BrN7OS/c25-18-6-7-21-20(12-18)17(13-27-21)14-28-29-22(33)15-34-24-31-30-23(16-8-10-26-11-9-16)32(24)19-4-2-1-3-5-19/h1-14,27H,15H2,(H,29,33). The summed E-state index contributed by atoms with van der Waals surface area (Å²) in [5.74, 6) is 0.577. The highest BCUT2D eigenvalue weighted by Crippen LogP contribution is 2.27. The number of aromatic nitrogens is 5. The van der Waals surface area contributed by atoms with Crippen molar-refractivity contribution in [2.75, 3.05) is 5.75 Å². The molecule has 3 aromatic heterocycles. The molecule has 2 N–H and O–H groups in total. The number of rotatable bonds is 7. The van der Waals surface area contributed by atoms with Gasteiger partial charge in [-0.15, -0.1) is 10.2 Å². The SMILES string of the molecule is O=C(CSc1nnc(-c2ccncc2)n1-c1ccccc1)NN=Cc1c[nH]c2ccc(Br)cc12. The molecule has 10 heteroatoms. The van der Waals surface area contributed by atoms with Crippen LogP contribution in [0.2, 0.25) is 0 Å². The van der Waals surface area contributed by atoms with Crippen molar-refractivity contribution in [3.63, 3.8) is 0 Å². The van der Waals surface area contributed by atoms with Crippen LogP contribution in [0.4, 0.5) is 0 Å². The van der Waals surface area contributed by atoms with Gasteiger partial charge in [-0.05, 0) is 42.5 Å². The molecule has 2 aromatic carbocycles. The number of thioether (sulfide) groups is 1. The molecule has 3 heterocycles. The first-order valence-electron chi connectivity index (χ1n) is 10.3. The number of carbonyl (C=O) groups excluding carboxylic acids is 1. The van der Waals surface area contributed by atoms with Gasteiger partial charge in [0.25, 0.3) is 5.91 Å². The fourth-order valence-electron chi connectivity index (χ4n) is 3.42. The zero-order valence-electron chi connectivity index (χ0n) is 17.7. The Morgan fingerprint density at radius 2 is 1.94 bits per heavy atom. The second-order valence-corrected chi connectivity index (χ2v) is 9.09. The first-order chi connectivity index (χ1) is 16.7. The Morgan fingerprint density at radius 3 is 2.76 bits per heavy atom. The molecule has 0 unspecified atom stereocenters. The fraction of sp³-hybridized carbons (Fsp3) is 0.0417. The van der Waals surface area contributed by atoms with Gasteiger partial charge in [0.1, 0.15) is 0 Å². The van der Waals surface area contributed by atoms with Crippen LogP contribution in [-0.4, -0.2) is 42.6 Å². The summed E-state index contributed by atoms with van der Waals surface area (Å²) in [5, 5.41) is 14.4. The lowest BCUT2D eigenvalue weighted by atomic mass is 10.2. The van der Waals surface area contributed by atoms with Crippen LogP contribution in [0, 0.1) is 0 Å². The third-order valence-corrected chi connectivity index (χ3v) is 6.41. The van der Waals surface area contributed by atoms with Crippen molar-refractivity contribution < 1.29 is 4.79 Å². The molecule has 0 saturated carbocycles. The van der Waals surface area contributed by atoms with Crippen molar-refractivity contribution in [1.29, 1.82) is 0 Å². The number of amides is 1. The third-order valence-electron chi connectivity index (χ3n) is 4.99. The molecule has 0 bridgehead atoms. The van der Waals surface area contributed by atoms with Crippen molar-refractivity contribution in [1.82, 2.24) is 30.2 Å². The average Bonchev–Trinajstić information content (AvgIpc) is 3.48. The summed E-state index contributed by atoms with van der Waals surface area (Å²) < 4.78 is 2.91. The average molecular weight is 532 g/mol. The van der Waals surface area contributed by atoms with Gasteiger partial charge in [-0.1, -0.05) is 45.9 Å². The van der Waals surface area contributed by atoms with E-state index in [4.69, 9.17) is 0 Å². The van der Waals surface area contributed by atoms with Crippen LogP contribution in [0.25, 0.3) is 28.0 Å². The minimum absolute atomic E-state index is 0.137. The molecule has 0 spiro atoms. The minimum Gasteiger partial charge on any atom is -0.361 e. The molecule has 8 nitrogen and oxygen atoms in total. The number of nitrogens with zero attached hydrogens (tertiary/aromatic N) is 5. The molecule has 0 aliphatic rings. The van der Waals surface area contributed by atoms with E-state index in [0.29, 0.717) is 11.0 Å². The van der Waals surface area contributed by atoms with Crippen LogP contribution < -0.4 is 5.43 Å². The number of carbonyl (C=O) groups is 1. The lowest BCUT2D eigenvalue weighted by Crippen LogP contribution is -2.20. The van der Waals surface area contributed by atoms with Gasteiger partial charge < -0.3 is 4.98 Å². The van der Waals surface area contributed by atoms with Crippen LogP contribution >= 0.6 is 27.7 Å². The monoisotopic (exact) mass is 531 g/mol. The van der Waals surface area contributed by atoms with Crippen molar-refractivity contribution in [3.05, 3.63) is 89.3 Å². The molecule has 0 aliphatic carbocycles. The molecule has 168 valence electrons. The fourth-order valence-corrected chi connectivity index (χ4v) is 4.52. The zero-order valence-corrected chi connectivity index (χ0v) is 20.1. The van der Waals surface area contributed by atoms with Crippen LogP contribution in [0.3, 0.4) is 0 Å². The summed E-state index contributed by atoms with van der Waals surface area (Å²) in [5.41, 5.74) is 6.26. The topological polar surface area (TPSA) is 101 Å². The smallest absolute Gasteiger partial charge is 0.250 e. The van der Waals surface area contributed by atoms with E-state index in [2.05, 4.69) is 46.6 Å². The molecule has 34 heavy (non-hydrogen) atoms. The molecule has 0 radical (unpaired) electrons. The Kier molecular flexibility index (Phi) is 6.50. The quantitative estimate of drug-likeness (QED) is 0.178. The number of para-hydroxylation sites is 1. The summed E-state index contributed by atoms with van der Waals surface area (Å²) in [4.78, 5) is 19.7. The lowest BCUT2D eigenvalue weighted by molar-refractivity contribution is -0.118. The van der Waals surface area contributed by atoms with E-state index < -0.39 is 0 Å². The molecular formula is C24H18BrN7OS. The van der Waals surface area contributed by atoms with E-state index in [1.165, 1.54) is 11.8 Å². The van der Waals surface area contributed by atoms with Gasteiger partial charge in [0.05, 0.1) is 12.0 Å². The Hall–Kier alpha value is -3.76. The third kappa shape index (κ3) is 4.78. The maximum atomic E-state index is 12.5. The summed E-state index contributed by atoms with van der Waals surface area (Å²) in [7, 11) is 0. The van der Waals surface area contributed by atoms with Crippen molar-refractivity contribution in [3.8, 4) is 17.1 Å². The Balaban J connectivity index is 1.30. The second kappa shape index (κ2) is 10.0. The van der Waals surface area contributed by atoms with Crippen LogP contribution in [0.1, 0.15) is 5.56 Å². The van der Waals surface area contributed by atoms with Crippen molar-refractivity contribution >= 4 is 50.7 Å². The molecular weight excluding hydrogens is 514 g/mol. The van der Waals surface area contributed by atoms with E-state index in [0.717, 1.165) is 32.2 Å². The molecule has 0 saturated heterocycles. The lowest BCUT2D eigenvalue weighted by Gasteiger charge is -2.10. The maximum Gasteiger partial charge on any atom is 0.250 e. The summed E-state index contributed by atoms with van der Waals surface area (Å²) in [6.07, 6.45) is 6.90. The largest absolute Gasteiger partial charge is 0.361 e. The van der Waals surface area contributed by atoms with E-state index >= 15 is 0 Å². The number of H-pyrrole nitrogens is 1. The van der Waals surface area contributed by atoms with Gasteiger partial charge >= 0.3 is 0 Å². The number of hydrogen-bond donors (Lipinski definition) is 2. The molecule has 5 aromatic rings. The van der Waals surface area contributed by atoms with Gasteiger partial charge in [-0.25, -0.2) is 5.43 Å². The van der Waals surface area contributed by atoms with Crippen molar-refractivity contribution in [2.45, 2.75) is 5.16 Å². The van der Waals surface area contributed by atoms with Crippen LogP contribution in [-0.2, 0) is 4.79 Å². The first kappa shape index (κ1) is 22.1.